The molecule has 5 heteroatoms. The number of anilines is 1. The molecule has 0 unspecified atom stereocenters. The van der Waals surface area contributed by atoms with Crippen LogP contribution in [0, 0.1) is 0 Å². The number of halogens is 1. The summed E-state index contributed by atoms with van der Waals surface area (Å²) in [6, 6.07) is 9.01. The van der Waals surface area contributed by atoms with Crippen molar-refractivity contribution in [2.24, 2.45) is 5.73 Å². The lowest BCUT2D eigenvalue weighted by atomic mass is 9.82. The Morgan fingerprint density at radius 2 is 1.88 bits per heavy atom. The normalized spacial score (nSPS) is 28.6. The largest absolute Gasteiger partial charge is 0.368 e. The molecule has 2 heterocycles. The third kappa shape index (κ3) is 3.83. The summed E-state index contributed by atoms with van der Waals surface area (Å²) in [6.45, 7) is 4.98. The highest BCUT2D eigenvalue weighted by Gasteiger charge is 2.34. The predicted octanol–water partition coefficient (Wildman–Crippen LogP) is 4.02. The molecule has 2 aromatic rings. The molecule has 0 radical (unpaired) electrons. The number of nitrogens with two attached hydrogens (primary N) is 1. The first kappa shape index (κ1) is 17.3. The molecule has 3 nitrogen and oxygen atoms in total. The monoisotopic (exact) mass is 361 g/mol. The number of rotatable bonds is 4. The van der Waals surface area contributed by atoms with Gasteiger partial charge in [0.2, 0.25) is 0 Å². The lowest BCUT2D eigenvalue weighted by molar-refractivity contribution is 0.0727. The van der Waals surface area contributed by atoms with Gasteiger partial charge in [-0.2, -0.15) is 0 Å². The van der Waals surface area contributed by atoms with Crippen molar-refractivity contribution < 1.29 is 4.39 Å². The molecular formula is C20H28FN3S. The predicted molar refractivity (Wildman–Crippen MR) is 105 cm³/mol. The van der Waals surface area contributed by atoms with Gasteiger partial charge < -0.3 is 10.6 Å². The van der Waals surface area contributed by atoms with Crippen LogP contribution >= 0.6 is 11.3 Å². The maximum atomic E-state index is 14.9. The molecule has 1 aliphatic carbocycles. The Morgan fingerprint density at radius 3 is 2.64 bits per heavy atom. The van der Waals surface area contributed by atoms with Crippen molar-refractivity contribution in [1.82, 2.24) is 4.90 Å². The molecule has 4 rings (SSSR count). The third-order valence-corrected chi connectivity index (χ3v) is 6.87. The van der Waals surface area contributed by atoms with Gasteiger partial charge in [-0.25, -0.2) is 4.39 Å². The first-order valence-corrected chi connectivity index (χ1v) is 10.4. The van der Waals surface area contributed by atoms with Gasteiger partial charge in [0, 0.05) is 54.5 Å². The van der Waals surface area contributed by atoms with Crippen LogP contribution in [0.3, 0.4) is 0 Å². The van der Waals surface area contributed by atoms with Crippen molar-refractivity contribution in [3.8, 4) is 0 Å². The van der Waals surface area contributed by atoms with E-state index < -0.39 is 5.67 Å². The molecule has 1 aliphatic heterocycles. The molecular weight excluding hydrogens is 333 g/mol. The van der Waals surface area contributed by atoms with Gasteiger partial charge in [-0.05, 0) is 55.7 Å². The van der Waals surface area contributed by atoms with E-state index in [0.717, 1.165) is 45.6 Å². The van der Waals surface area contributed by atoms with Crippen LogP contribution in [0.15, 0.2) is 29.6 Å². The van der Waals surface area contributed by atoms with Crippen LogP contribution in [-0.2, 0) is 0 Å². The molecule has 0 amide bonds. The average molecular weight is 362 g/mol. The molecule has 2 fully saturated rings. The molecule has 136 valence electrons. The van der Waals surface area contributed by atoms with Crippen LogP contribution in [0.4, 0.5) is 10.1 Å². The van der Waals surface area contributed by atoms with Crippen LogP contribution < -0.4 is 10.6 Å². The van der Waals surface area contributed by atoms with E-state index in [4.69, 9.17) is 5.73 Å². The van der Waals surface area contributed by atoms with E-state index in [-0.39, 0.29) is 6.04 Å². The number of benzene rings is 1. The average Bonchev–Trinajstić information content (AvgIpc) is 3.12. The van der Waals surface area contributed by atoms with Crippen molar-refractivity contribution in [3.63, 3.8) is 0 Å². The Bertz CT molecular complexity index is 700. The summed E-state index contributed by atoms with van der Waals surface area (Å²) in [6.07, 6.45) is 3.65. The molecule has 2 aliphatic rings. The Balaban J connectivity index is 1.31. The van der Waals surface area contributed by atoms with Gasteiger partial charge in [0.25, 0.3) is 0 Å². The van der Waals surface area contributed by atoms with Crippen molar-refractivity contribution in [3.05, 3.63) is 29.6 Å². The molecule has 1 saturated heterocycles. The van der Waals surface area contributed by atoms with Crippen LogP contribution in [-0.4, -0.2) is 49.3 Å². The van der Waals surface area contributed by atoms with Crippen molar-refractivity contribution in [2.45, 2.75) is 43.8 Å². The number of thiophene rings is 1. The minimum absolute atomic E-state index is 0.215. The lowest BCUT2D eigenvalue weighted by Gasteiger charge is -2.38. The van der Waals surface area contributed by atoms with Crippen molar-refractivity contribution in [2.75, 3.05) is 37.6 Å². The Labute approximate surface area is 153 Å². The Hall–Kier alpha value is -1.17. The molecule has 0 bridgehead atoms. The summed E-state index contributed by atoms with van der Waals surface area (Å²) in [5.74, 6) is 0. The fraction of sp³-hybridized carbons (Fsp3) is 0.600. The lowest BCUT2D eigenvalue weighted by Crippen LogP contribution is -2.48. The van der Waals surface area contributed by atoms with Gasteiger partial charge in [-0.1, -0.05) is 6.07 Å². The summed E-state index contributed by atoms with van der Waals surface area (Å²) < 4.78 is 16.2. The van der Waals surface area contributed by atoms with Gasteiger partial charge in [-0.15, -0.1) is 11.3 Å². The number of hydrogen-bond acceptors (Lipinski definition) is 4. The van der Waals surface area contributed by atoms with Crippen LogP contribution in [0.5, 0.6) is 0 Å². The van der Waals surface area contributed by atoms with Crippen molar-refractivity contribution >= 4 is 27.1 Å². The summed E-state index contributed by atoms with van der Waals surface area (Å²) in [5.41, 5.74) is 6.29. The first-order valence-electron chi connectivity index (χ1n) is 9.51. The highest BCUT2D eigenvalue weighted by molar-refractivity contribution is 7.17. The second kappa shape index (κ2) is 7.22. The zero-order chi connectivity index (χ0) is 17.3. The summed E-state index contributed by atoms with van der Waals surface area (Å²) in [4.78, 5) is 4.91. The van der Waals surface area contributed by atoms with E-state index in [1.54, 1.807) is 11.3 Å². The van der Waals surface area contributed by atoms with E-state index in [1.165, 1.54) is 15.8 Å². The maximum absolute atomic E-state index is 14.9. The molecule has 0 spiro atoms. The standard InChI is InChI=1S/C20H28FN3S/c21-20(7-4-16(22)5-8-20)9-10-23-11-13-24(14-12-23)18-2-1-3-19-17(18)6-15-25-19/h1-3,6,15-16H,4-5,7-14,22H2/t16-,20+. The van der Waals surface area contributed by atoms with E-state index in [0.29, 0.717) is 19.3 Å². The topological polar surface area (TPSA) is 32.5 Å². The van der Waals surface area contributed by atoms with E-state index >= 15 is 0 Å². The van der Waals surface area contributed by atoms with Crippen LogP contribution in [0.2, 0.25) is 0 Å². The molecule has 1 aromatic carbocycles. The van der Waals surface area contributed by atoms with Gasteiger partial charge in [0.1, 0.15) is 5.67 Å². The van der Waals surface area contributed by atoms with E-state index in [2.05, 4.69) is 39.4 Å². The summed E-state index contributed by atoms with van der Waals surface area (Å²) in [7, 11) is 0. The smallest absolute Gasteiger partial charge is 0.112 e. The highest BCUT2D eigenvalue weighted by Crippen LogP contribution is 2.35. The summed E-state index contributed by atoms with van der Waals surface area (Å²) in [5, 5.41) is 3.53. The second-order valence-electron chi connectivity index (χ2n) is 7.68. The quantitative estimate of drug-likeness (QED) is 0.893. The van der Waals surface area contributed by atoms with E-state index in [9.17, 15) is 4.39 Å². The number of nitrogens with zero attached hydrogens (tertiary/aromatic N) is 2. The van der Waals surface area contributed by atoms with Gasteiger partial charge in [-0.3, -0.25) is 4.90 Å². The van der Waals surface area contributed by atoms with E-state index in [1.807, 2.05) is 0 Å². The molecule has 0 atom stereocenters. The zero-order valence-electron chi connectivity index (χ0n) is 14.8. The molecule has 1 aromatic heterocycles. The van der Waals surface area contributed by atoms with Crippen LogP contribution in [0.1, 0.15) is 32.1 Å². The van der Waals surface area contributed by atoms with Crippen molar-refractivity contribution in [1.29, 1.82) is 0 Å². The Kier molecular flexibility index (Phi) is 4.98. The number of alkyl halides is 1. The second-order valence-corrected chi connectivity index (χ2v) is 8.62. The van der Waals surface area contributed by atoms with Gasteiger partial charge >= 0.3 is 0 Å². The fourth-order valence-electron chi connectivity index (χ4n) is 4.23. The number of hydrogen-bond donors (Lipinski definition) is 1. The van der Waals surface area contributed by atoms with Gasteiger partial charge in [0.15, 0.2) is 0 Å². The van der Waals surface area contributed by atoms with Gasteiger partial charge in [0.05, 0.1) is 0 Å². The summed E-state index contributed by atoms with van der Waals surface area (Å²) >= 11 is 1.80. The maximum Gasteiger partial charge on any atom is 0.112 e. The molecule has 1 saturated carbocycles. The highest BCUT2D eigenvalue weighted by atomic mass is 32.1. The SMILES string of the molecule is N[C@H]1CC[C@](F)(CCN2CCN(c3cccc4sccc34)CC2)CC1. The number of fused-ring (bicyclic) bond motifs is 1. The first-order chi connectivity index (χ1) is 12.1. The molecule has 25 heavy (non-hydrogen) atoms. The third-order valence-electron chi connectivity index (χ3n) is 5.99. The minimum Gasteiger partial charge on any atom is -0.368 e. The minimum atomic E-state index is -0.977. The molecule has 2 N–H and O–H groups in total. The zero-order valence-corrected chi connectivity index (χ0v) is 15.6. The fourth-order valence-corrected chi connectivity index (χ4v) is 5.04. The number of piperazine rings is 1. The van der Waals surface area contributed by atoms with Crippen LogP contribution in [0.25, 0.3) is 10.1 Å². The Morgan fingerprint density at radius 1 is 1.12 bits per heavy atom.